The number of ether oxygens (including phenoxy) is 1. The minimum absolute atomic E-state index is 0.0521. The zero-order valence-electron chi connectivity index (χ0n) is 18.8. The van der Waals surface area contributed by atoms with Crippen molar-refractivity contribution in [2.45, 2.75) is 17.9 Å². The first kappa shape index (κ1) is 22.6. The number of sulfone groups is 1. The molecule has 0 saturated heterocycles. The quantitative estimate of drug-likeness (QED) is 0.532. The molecule has 2 aliphatic rings. The monoisotopic (exact) mass is 498 g/mol. The van der Waals surface area contributed by atoms with Crippen molar-refractivity contribution in [1.29, 1.82) is 0 Å². The molecule has 0 saturated carbocycles. The first-order valence-electron chi connectivity index (χ1n) is 10.8. The van der Waals surface area contributed by atoms with Gasteiger partial charge in [0, 0.05) is 48.0 Å². The van der Waals surface area contributed by atoms with Gasteiger partial charge >= 0.3 is 0 Å². The van der Waals surface area contributed by atoms with Crippen LogP contribution in [-0.2, 0) is 32.6 Å². The highest BCUT2D eigenvalue weighted by Gasteiger charge is 2.35. The fraction of sp³-hybridized carbons (Fsp3) is 0.292. The molecule has 0 bridgehead atoms. The molecule has 0 radical (unpaired) electrons. The summed E-state index contributed by atoms with van der Waals surface area (Å²) in [5, 5.41) is 0.552. The average Bonchev–Trinajstić information content (AvgIpc) is 3.36. The Labute approximate surface area is 203 Å². The molecule has 3 heterocycles. The zero-order chi connectivity index (χ0) is 24.0. The second-order valence-corrected chi connectivity index (χ2v) is 11.1. The third-order valence-corrected chi connectivity index (χ3v) is 7.64. The maximum atomic E-state index is 12.5. The van der Waals surface area contributed by atoms with E-state index in [4.69, 9.17) is 21.3 Å². The molecule has 0 atom stereocenters. The number of halogens is 1. The van der Waals surface area contributed by atoms with Crippen LogP contribution < -0.4 is 9.64 Å². The summed E-state index contributed by atoms with van der Waals surface area (Å²) in [6.07, 6.45) is 0.680. The minimum Gasteiger partial charge on any atom is -0.483 e. The molecule has 176 valence electrons. The number of carbonyl (C=O) groups is 1. The lowest BCUT2D eigenvalue weighted by Crippen LogP contribution is -2.27. The van der Waals surface area contributed by atoms with Gasteiger partial charge in [0.05, 0.1) is 17.2 Å². The number of fused-ring (bicyclic) bond motifs is 2. The van der Waals surface area contributed by atoms with Crippen LogP contribution in [0.1, 0.15) is 16.8 Å². The fourth-order valence-electron chi connectivity index (χ4n) is 4.27. The highest BCUT2D eigenvalue weighted by molar-refractivity contribution is 7.90. The number of rotatable bonds is 5. The van der Waals surface area contributed by atoms with E-state index in [2.05, 4.69) is 4.98 Å². The smallest absolute Gasteiger partial charge is 0.259 e. The number of carbonyl (C=O) groups excluding carboxylic acids is 1. The van der Waals surface area contributed by atoms with Crippen LogP contribution in [0.15, 0.2) is 42.5 Å². The minimum atomic E-state index is -3.30. The molecular weight excluding hydrogens is 476 g/mol. The second-order valence-electron chi connectivity index (χ2n) is 8.57. The molecule has 0 fully saturated rings. The largest absolute Gasteiger partial charge is 0.483 e. The summed E-state index contributed by atoms with van der Waals surface area (Å²) >= 11 is 6.18. The Morgan fingerprint density at radius 2 is 1.91 bits per heavy atom. The molecule has 34 heavy (non-hydrogen) atoms. The first-order chi connectivity index (χ1) is 16.2. The molecule has 0 aliphatic carbocycles. The van der Waals surface area contributed by atoms with Crippen molar-refractivity contribution in [2.75, 3.05) is 32.1 Å². The topological polar surface area (TPSA) is 92.7 Å². The lowest BCUT2D eigenvalue weighted by molar-refractivity contribution is -0.130. The number of nitrogens with zero attached hydrogens (tertiary/aromatic N) is 4. The molecule has 0 N–H and O–H groups in total. The van der Waals surface area contributed by atoms with Crippen molar-refractivity contribution < 1.29 is 17.9 Å². The van der Waals surface area contributed by atoms with Crippen molar-refractivity contribution in [3.05, 3.63) is 64.3 Å². The van der Waals surface area contributed by atoms with Crippen LogP contribution >= 0.6 is 11.6 Å². The summed E-state index contributed by atoms with van der Waals surface area (Å²) < 4.78 is 30.8. The van der Waals surface area contributed by atoms with Gasteiger partial charge in [0.25, 0.3) is 5.91 Å². The van der Waals surface area contributed by atoms with Gasteiger partial charge in [-0.25, -0.2) is 18.4 Å². The van der Waals surface area contributed by atoms with Crippen molar-refractivity contribution in [2.24, 2.45) is 0 Å². The van der Waals surface area contributed by atoms with E-state index in [-0.39, 0.29) is 24.0 Å². The Morgan fingerprint density at radius 3 is 2.68 bits per heavy atom. The van der Waals surface area contributed by atoms with Gasteiger partial charge < -0.3 is 14.5 Å². The molecule has 0 spiro atoms. The highest BCUT2D eigenvalue weighted by atomic mass is 35.5. The van der Waals surface area contributed by atoms with Gasteiger partial charge in [-0.2, -0.15) is 0 Å². The Balaban J connectivity index is 1.57. The van der Waals surface area contributed by atoms with E-state index in [1.54, 1.807) is 26.2 Å². The van der Waals surface area contributed by atoms with Gasteiger partial charge in [-0.1, -0.05) is 29.8 Å². The third kappa shape index (κ3) is 4.21. The molecule has 5 rings (SSSR count). The first-order valence-corrected chi connectivity index (χ1v) is 13.0. The Kier molecular flexibility index (Phi) is 5.69. The normalized spacial score (nSPS) is 15.7. The molecule has 3 aromatic rings. The zero-order valence-corrected chi connectivity index (χ0v) is 20.4. The maximum absolute atomic E-state index is 12.5. The molecule has 2 aromatic carbocycles. The number of likely N-dealkylation sites (N-methyl/N-ethyl adjacent to an activating group) is 1. The predicted molar refractivity (Wildman–Crippen MR) is 130 cm³/mol. The average molecular weight is 499 g/mol. The molecule has 2 aliphatic heterocycles. The van der Waals surface area contributed by atoms with E-state index in [0.717, 1.165) is 16.8 Å². The fourth-order valence-corrected chi connectivity index (χ4v) is 5.95. The molecule has 8 nitrogen and oxygen atoms in total. The second kappa shape index (κ2) is 8.56. The molecule has 10 heteroatoms. The van der Waals surface area contributed by atoms with E-state index < -0.39 is 9.84 Å². The summed E-state index contributed by atoms with van der Waals surface area (Å²) in [6, 6.07) is 12.9. The number of amides is 1. The summed E-state index contributed by atoms with van der Waals surface area (Å²) in [6.45, 7) is 0.555. The van der Waals surface area contributed by atoms with E-state index in [9.17, 15) is 13.2 Å². The number of aromatic nitrogens is 2. The van der Waals surface area contributed by atoms with Gasteiger partial charge in [-0.3, -0.25) is 4.79 Å². The standard InChI is InChI=1S/C24H23ClN4O4S/c1-28(2)22(30)12-33-21-8-4-7-20-17(21)9-10-29(20)24-18-13-34(31,32)14-19(18)26-23(27-24)15-5-3-6-16(25)11-15/h3-8,11H,9-10,12-14H2,1-2H3. The van der Waals surface area contributed by atoms with Crippen LogP contribution in [0, 0.1) is 0 Å². The van der Waals surface area contributed by atoms with E-state index in [0.29, 0.717) is 46.6 Å². The van der Waals surface area contributed by atoms with Gasteiger partial charge in [0.2, 0.25) is 0 Å². The Hall–Kier alpha value is -3.17. The van der Waals surface area contributed by atoms with E-state index >= 15 is 0 Å². The molecule has 1 amide bonds. The van der Waals surface area contributed by atoms with Crippen molar-refractivity contribution >= 4 is 38.9 Å². The van der Waals surface area contributed by atoms with E-state index in [1.807, 2.05) is 35.2 Å². The van der Waals surface area contributed by atoms with Crippen LogP contribution in [0.3, 0.4) is 0 Å². The Morgan fingerprint density at radius 1 is 1.12 bits per heavy atom. The Bertz CT molecular complexity index is 1410. The van der Waals surface area contributed by atoms with Gasteiger partial charge in [-0.05, 0) is 30.7 Å². The van der Waals surface area contributed by atoms with Crippen LogP contribution in [0.2, 0.25) is 5.02 Å². The van der Waals surface area contributed by atoms with Gasteiger partial charge in [0.15, 0.2) is 22.3 Å². The van der Waals surface area contributed by atoms with E-state index in [1.165, 1.54) is 4.90 Å². The highest BCUT2D eigenvalue weighted by Crippen LogP contribution is 2.42. The van der Waals surface area contributed by atoms with Crippen molar-refractivity contribution in [1.82, 2.24) is 14.9 Å². The molecule has 0 unspecified atom stereocenters. The predicted octanol–water partition coefficient (Wildman–Crippen LogP) is 3.39. The number of benzene rings is 2. The van der Waals surface area contributed by atoms with Crippen LogP contribution in [0.5, 0.6) is 5.75 Å². The van der Waals surface area contributed by atoms with Gasteiger partial charge in [-0.15, -0.1) is 0 Å². The summed E-state index contributed by atoms with van der Waals surface area (Å²) in [4.78, 5) is 24.9. The van der Waals surface area contributed by atoms with Crippen LogP contribution in [-0.4, -0.2) is 56.4 Å². The van der Waals surface area contributed by atoms with Crippen LogP contribution in [0.25, 0.3) is 11.4 Å². The molecule has 1 aromatic heterocycles. The third-order valence-electron chi connectivity index (χ3n) is 5.96. The summed E-state index contributed by atoms with van der Waals surface area (Å²) in [5.41, 5.74) is 3.73. The van der Waals surface area contributed by atoms with Gasteiger partial charge in [0.1, 0.15) is 11.6 Å². The number of hydrogen-bond acceptors (Lipinski definition) is 7. The lowest BCUT2D eigenvalue weighted by atomic mass is 10.1. The lowest BCUT2D eigenvalue weighted by Gasteiger charge is -2.22. The van der Waals surface area contributed by atoms with Crippen molar-refractivity contribution in [3.63, 3.8) is 0 Å². The van der Waals surface area contributed by atoms with Crippen molar-refractivity contribution in [3.8, 4) is 17.1 Å². The number of hydrogen-bond donors (Lipinski definition) is 0. The maximum Gasteiger partial charge on any atom is 0.259 e. The SMILES string of the molecule is CN(C)C(=O)COc1cccc2c1CCN2c1nc(-c2cccc(Cl)c2)nc2c1CS(=O)(=O)C2. The summed E-state index contributed by atoms with van der Waals surface area (Å²) in [7, 11) is 0.0707. The molecular formula is C24H23ClN4O4S. The number of anilines is 2. The summed E-state index contributed by atoms with van der Waals surface area (Å²) in [5.74, 6) is 1.34. The van der Waals surface area contributed by atoms with Crippen LogP contribution in [0.4, 0.5) is 11.5 Å².